The average molecular weight is 339 g/mol. The number of likely N-dealkylation sites (tertiary alicyclic amines) is 1. The van der Waals surface area contributed by atoms with Crippen LogP contribution in [0.2, 0.25) is 5.02 Å². The molecule has 1 aromatic carbocycles. The normalized spacial score (nSPS) is 17.5. The third kappa shape index (κ3) is 4.94. The van der Waals surface area contributed by atoms with Gasteiger partial charge in [-0.15, -0.1) is 0 Å². The van der Waals surface area contributed by atoms with Crippen molar-refractivity contribution in [2.75, 3.05) is 25.0 Å². The van der Waals surface area contributed by atoms with E-state index in [1.807, 2.05) is 13.8 Å². The van der Waals surface area contributed by atoms with E-state index in [0.29, 0.717) is 11.6 Å². The van der Waals surface area contributed by atoms with Crippen LogP contribution in [0.4, 0.5) is 5.69 Å². The Bertz CT molecular complexity index is 539. The summed E-state index contributed by atoms with van der Waals surface area (Å²) in [5.74, 6) is -0.218. The first-order valence-electron chi connectivity index (χ1n) is 7.98. The van der Waals surface area contributed by atoms with Crippen LogP contribution in [0.1, 0.15) is 26.7 Å². The number of carbonyl (C=O) groups is 2. The molecule has 1 N–H and O–H groups in total. The van der Waals surface area contributed by atoms with Crippen LogP contribution in [0.25, 0.3) is 0 Å². The van der Waals surface area contributed by atoms with Crippen molar-refractivity contribution in [3.63, 3.8) is 0 Å². The predicted molar refractivity (Wildman–Crippen MR) is 90.5 cm³/mol. The Kier molecular flexibility index (Phi) is 6.42. The van der Waals surface area contributed by atoms with E-state index in [2.05, 4.69) is 10.2 Å². The van der Waals surface area contributed by atoms with E-state index in [9.17, 15) is 9.59 Å². The number of hydrogen-bond acceptors (Lipinski definition) is 4. The first-order chi connectivity index (χ1) is 11.0. The number of nitrogens with one attached hydrogen (secondary N) is 1. The molecule has 5 nitrogen and oxygen atoms in total. The summed E-state index contributed by atoms with van der Waals surface area (Å²) < 4.78 is 5.07. The van der Waals surface area contributed by atoms with Crippen molar-refractivity contribution >= 4 is 29.2 Å². The molecule has 1 aliphatic heterocycles. The molecule has 0 saturated carbocycles. The number of carbonyl (C=O) groups excluding carboxylic acids is 2. The summed E-state index contributed by atoms with van der Waals surface area (Å²) in [6.45, 7) is 5.56. The molecule has 6 heteroatoms. The molecule has 0 unspecified atom stereocenters. The molecule has 1 amide bonds. The van der Waals surface area contributed by atoms with E-state index >= 15 is 0 Å². The molecule has 1 aliphatic rings. The second kappa shape index (κ2) is 8.31. The van der Waals surface area contributed by atoms with Gasteiger partial charge in [-0.2, -0.15) is 0 Å². The van der Waals surface area contributed by atoms with Crippen LogP contribution in [0.15, 0.2) is 24.3 Å². The second-order valence-electron chi connectivity index (χ2n) is 5.73. The summed E-state index contributed by atoms with van der Waals surface area (Å²) in [4.78, 5) is 26.2. The van der Waals surface area contributed by atoms with Crippen LogP contribution in [0.5, 0.6) is 0 Å². The minimum atomic E-state index is -0.242. The highest BCUT2D eigenvalue weighted by molar-refractivity contribution is 6.30. The first-order valence-corrected chi connectivity index (χ1v) is 8.36. The van der Waals surface area contributed by atoms with Crippen molar-refractivity contribution in [3.05, 3.63) is 29.3 Å². The Morgan fingerprint density at radius 2 is 1.91 bits per heavy atom. The highest BCUT2D eigenvalue weighted by atomic mass is 35.5. The van der Waals surface area contributed by atoms with E-state index in [1.165, 1.54) is 0 Å². The zero-order valence-electron chi connectivity index (χ0n) is 13.5. The second-order valence-corrected chi connectivity index (χ2v) is 6.17. The molecule has 126 valence electrons. The lowest BCUT2D eigenvalue weighted by molar-refractivity contribution is -0.149. The highest BCUT2D eigenvalue weighted by Crippen LogP contribution is 2.21. The largest absolute Gasteiger partial charge is 0.466 e. The molecule has 1 saturated heterocycles. The number of nitrogens with zero attached hydrogens (tertiary/aromatic N) is 1. The molecule has 1 heterocycles. The van der Waals surface area contributed by atoms with Gasteiger partial charge in [-0.05, 0) is 64.0 Å². The summed E-state index contributed by atoms with van der Waals surface area (Å²) in [5, 5.41) is 3.53. The van der Waals surface area contributed by atoms with Crippen LogP contribution in [-0.4, -0.2) is 42.5 Å². The van der Waals surface area contributed by atoms with Crippen molar-refractivity contribution in [2.24, 2.45) is 5.92 Å². The van der Waals surface area contributed by atoms with Gasteiger partial charge < -0.3 is 10.1 Å². The number of benzene rings is 1. The van der Waals surface area contributed by atoms with Gasteiger partial charge in [-0.1, -0.05) is 11.6 Å². The Balaban J connectivity index is 1.84. The number of esters is 1. The van der Waals surface area contributed by atoms with Gasteiger partial charge in [0.2, 0.25) is 5.91 Å². The van der Waals surface area contributed by atoms with E-state index in [-0.39, 0.29) is 23.8 Å². The number of piperidine rings is 1. The van der Waals surface area contributed by atoms with Crippen molar-refractivity contribution in [3.8, 4) is 0 Å². The van der Waals surface area contributed by atoms with Crippen LogP contribution in [-0.2, 0) is 14.3 Å². The summed E-state index contributed by atoms with van der Waals surface area (Å²) in [5.41, 5.74) is 0.729. The van der Waals surface area contributed by atoms with Gasteiger partial charge in [-0.3, -0.25) is 14.5 Å². The van der Waals surface area contributed by atoms with Crippen LogP contribution in [0, 0.1) is 5.92 Å². The SMILES string of the molecule is CCOC(=O)C1CCN([C@@H](C)C(=O)Nc2ccc(Cl)cc2)CC1. The predicted octanol–water partition coefficient (Wildman–Crippen LogP) is 2.94. The zero-order chi connectivity index (χ0) is 16.8. The maximum absolute atomic E-state index is 12.3. The minimum Gasteiger partial charge on any atom is -0.466 e. The molecule has 0 radical (unpaired) electrons. The summed E-state index contributed by atoms with van der Waals surface area (Å²) in [6.07, 6.45) is 1.47. The zero-order valence-corrected chi connectivity index (χ0v) is 14.3. The lowest BCUT2D eigenvalue weighted by Gasteiger charge is -2.34. The van der Waals surface area contributed by atoms with E-state index in [4.69, 9.17) is 16.3 Å². The Morgan fingerprint density at radius 3 is 2.48 bits per heavy atom. The monoisotopic (exact) mass is 338 g/mol. The Labute approximate surface area is 141 Å². The van der Waals surface area contributed by atoms with Gasteiger partial charge in [0.25, 0.3) is 0 Å². The number of halogens is 1. The molecule has 2 rings (SSSR count). The number of rotatable bonds is 5. The minimum absolute atomic E-state index is 0.0438. The molecule has 1 atom stereocenters. The molecule has 1 fully saturated rings. The number of hydrogen-bond donors (Lipinski definition) is 1. The summed E-state index contributed by atoms with van der Waals surface area (Å²) in [7, 11) is 0. The molecule has 0 aromatic heterocycles. The van der Waals surface area contributed by atoms with Gasteiger partial charge in [0, 0.05) is 10.7 Å². The fraction of sp³-hybridized carbons (Fsp3) is 0.529. The van der Waals surface area contributed by atoms with Gasteiger partial charge in [0.05, 0.1) is 18.6 Å². The van der Waals surface area contributed by atoms with Crippen LogP contribution in [0.3, 0.4) is 0 Å². The summed E-state index contributed by atoms with van der Waals surface area (Å²) in [6, 6.07) is 6.80. The van der Waals surface area contributed by atoms with Crippen molar-refractivity contribution in [1.29, 1.82) is 0 Å². The third-order valence-corrected chi connectivity index (χ3v) is 4.44. The summed E-state index contributed by atoms with van der Waals surface area (Å²) >= 11 is 5.84. The van der Waals surface area contributed by atoms with Gasteiger partial charge in [-0.25, -0.2) is 0 Å². The molecule has 1 aromatic rings. The molecule has 0 bridgehead atoms. The maximum atomic E-state index is 12.3. The molecule has 0 aliphatic carbocycles. The fourth-order valence-corrected chi connectivity index (χ4v) is 2.85. The smallest absolute Gasteiger partial charge is 0.309 e. The van der Waals surface area contributed by atoms with Gasteiger partial charge in [0.15, 0.2) is 0 Å². The third-order valence-electron chi connectivity index (χ3n) is 4.19. The van der Waals surface area contributed by atoms with Crippen molar-refractivity contribution < 1.29 is 14.3 Å². The average Bonchev–Trinajstić information content (AvgIpc) is 2.56. The van der Waals surface area contributed by atoms with Gasteiger partial charge in [0.1, 0.15) is 0 Å². The van der Waals surface area contributed by atoms with Crippen LogP contribution < -0.4 is 5.32 Å². The molecule has 0 spiro atoms. The maximum Gasteiger partial charge on any atom is 0.309 e. The Hall–Kier alpha value is -1.59. The standard InChI is InChI=1S/C17H23ClN2O3/c1-3-23-17(22)13-8-10-20(11-9-13)12(2)16(21)19-15-6-4-14(18)5-7-15/h4-7,12-13H,3,8-11H2,1-2H3,(H,19,21)/t12-/m0/s1. The number of ether oxygens (including phenoxy) is 1. The van der Waals surface area contributed by atoms with Gasteiger partial charge >= 0.3 is 5.97 Å². The Morgan fingerprint density at radius 1 is 1.30 bits per heavy atom. The van der Waals surface area contributed by atoms with Crippen molar-refractivity contribution in [1.82, 2.24) is 4.90 Å². The van der Waals surface area contributed by atoms with E-state index < -0.39 is 0 Å². The number of anilines is 1. The van der Waals surface area contributed by atoms with E-state index in [0.717, 1.165) is 31.6 Å². The molecule has 23 heavy (non-hydrogen) atoms. The van der Waals surface area contributed by atoms with E-state index in [1.54, 1.807) is 24.3 Å². The lowest BCUT2D eigenvalue weighted by atomic mass is 9.96. The highest BCUT2D eigenvalue weighted by Gasteiger charge is 2.30. The molecular formula is C17H23ClN2O3. The van der Waals surface area contributed by atoms with Crippen molar-refractivity contribution in [2.45, 2.75) is 32.7 Å². The molecular weight excluding hydrogens is 316 g/mol. The lowest BCUT2D eigenvalue weighted by Crippen LogP contribution is -2.47. The quantitative estimate of drug-likeness (QED) is 0.839. The topological polar surface area (TPSA) is 58.6 Å². The fourth-order valence-electron chi connectivity index (χ4n) is 2.73. The number of amides is 1. The first kappa shape index (κ1) is 17.8. The van der Waals surface area contributed by atoms with Crippen LogP contribution >= 0.6 is 11.6 Å².